The van der Waals surface area contributed by atoms with Gasteiger partial charge < -0.3 is 0 Å². The van der Waals surface area contributed by atoms with Crippen molar-refractivity contribution < 1.29 is 4.57 Å². The molecular formula is C16H24N3+. The van der Waals surface area contributed by atoms with Crippen molar-refractivity contribution in [1.29, 1.82) is 0 Å². The van der Waals surface area contributed by atoms with Crippen LogP contribution in [0, 0.1) is 5.92 Å². The Kier molecular flexibility index (Phi) is 3.29. The minimum atomic E-state index is 0.525. The van der Waals surface area contributed by atoms with Gasteiger partial charge in [0.25, 0.3) is 0 Å². The average Bonchev–Trinajstić information content (AvgIpc) is 2.91. The number of unbranched alkanes of at least 4 members (excludes halogenated alkanes) is 2. The number of aromatic amines is 1. The van der Waals surface area contributed by atoms with Gasteiger partial charge in [0.2, 0.25) is 0 Å². The quantitative estimate of drug-likeness (QED) is 0.621. The summed E-state index contributed by atoms with van der Waals surface area (Å²) in [7, 11) is 0. The summed E-state index contributed by atoms with van der Waals surface area (Å²) in [6.45, 7) is 6.81. The third-order valence-corrected chi connectivity index (χ3v) is 4.34. The first-order valence-electron chi connectivity index (χ1n) is 7.63. The number of nitrogens with one attached hydrogen (secondary N) is 1. The van der Waals surface area contributed by atoms with Gasteiger partial charge in [0.05, 0.1) is 0 Å². The number of nitrogens with zero attached hydrogens (tertiary/aromatic N) is 2. The Bertz CT molecular complexity index is 536. The first kappa shape index (κ1) is 12.6. The second-order valence-corrected chi connectivity index (χ2v) is 5.88. The summed E-state index contributed by atoms with van der Waals surface area (Å²) < 4.78 is 2.43. The van der Waals surface area contributed by atoms with Crippen LogP contribution >= 0.6 is 0 Å². The number of hydrogen-bond acceptors (Lipinski definition) is 1. The molecule has 0 saturated heterocycles. The lowest BCUT2D eigenvalue weighted by atomic mass is 9.99. The summed E-state index contributed by atoms with van der Waals surface area (Å²) in [6, 6.07) is 0.591. The topological polar surface area (TPSA) is 32.0 Å². The third kappa shape index (κ3) is 2.15. The van der Waals surface area contributed by atoms with E-state index in [0.29, 0.717) is 12.0 Å². The Morgan fingerprint density at radius 2 is 2.21 bits per heavy atom. The molecule has 2 atom stereocenters. The number of aryl methyl sites for hydroxylation is 1. The van der Waals surface area contributed by atoms with Gasteiger partial charge in [-0.1, -0.05) is 32.8 Å². The molecule has 2 aliphatic rings. The molecule has 0 spiro atoms. The summed E-state index contributed by atoms with van der Waals surface area (Å²) in [5, 5.41) is 0. The molecule has 2 aliphatic heterocycles. The molecule has 0 radical (unpaired) electrons. The van der Waals surface area contributed by atoms with Crippen LogP contribution in [-0.2, 0) is 6.42 Å². The first-order valence-corrected chi connectivity index (χ1v) is 7.63. The van der Waals surface area contributed by atoms with E-state index in [0.717, 1.165) is 6.42 Å². The lowest BCUT2D eigenvalue weighted by Gasteiger charge is -2.11. The van der Waals surface area contributed by atoms with E-state index in [1.54, 1.807) is 0 Å². The highest BCUT2D eigenvalue weighted by Gasteiger charge is 2.47. The van der Waals surface area contributed by atoms with E-state index < -0.39 is 0 Å². The number of H-pyrrole nitrogens is 1. The van der Waals surface area contributed by atoms with E-state index in [1.807, 2.05) is 6.20 Å². The highest BCUT2D eigenvalue weighted by atomic mass is 15.2. The van der Waals surface area contributed by atoms with Crippen molar-refractivity contribution >= 4 is 5.71 Å². The molecule has 2 unspecified atom stereocenters. The largest absolute Gasteiger partial charge is 0.302 e. The molecule has 1 aromatic heterocycles. The molecule has 1 aromatic rings. The number of allylic oxidation sites excluding steroid dienone is 1. The number of hydrogen-bond donors (Lipinski definition) is 1. The van der Waals surface area contributed by atoms with Crippen LogP contribution in [0.5, 0.6) is 0 Å². The Labute approximate surface area is 115 Å². The summed E-state index contributed by atoms with van der Waals surface area (Å²) in [4.78, 5) is 8.24. The zero-order valence-electron chi connectivity index (χ0n) is 12.2. The molecule has 0 bridgehead atoms. The van der Waals surface area contributed by atoms with E-state index in [1.165, 1.54) is 48.6 Å². The van der Waals surface area contributed by atoms with Crippen molar-refractivity contribution in [2.75, 3.05) is 0 Å². The number of imidazole rings is 1. The van der Waals surface area contributed by atoms with E-state index in [9.17, 15) is 0 Å². The van der Waals surface area contributed by atoms with Gasteiger partial charge in [-0.2, -0.15) is 0 Å². The normalized spacial score (nSPS) is 24.3. The van der Waals surface area contributed by atoms with Crippen LogP contribution in [0.15, 0.2) is 17.3 Å². The monoisotopic (exact) mass is 258 g/mol. The predicted molar refractivity (Wildman–Crippen MR) is 77.5 cm³/mol. The standard InChI is InChI=1S/C16H23N3/c1-4-5-6-9-13-15-12(3)19(15)16(18-13)14-11(2)8-7-10-17-14/h7,10-12H,4-6,8-9H2,1-3H3/p+1. The van der Waals surface area contributed by atoms with Crippen molar-refractivity contribution in [2.45, 2.75) is 58.9 Å². The van der Waals surface area contributed by atoms with Gasteiger partial charge >= 0.3 is 5.82 Å². The van der Waals surface area contributed by atoms with Crippen LogP contribution < -0.4 is 4.57 Å². The molecule has 1 N–H and O–H groups in total. The van der Waals surface area contributed by atoms with Gasteiger partial charge in [-0.05, 0) is 19.8 Å². The highest BCUT2D eigenvalue weighted by Crippen LogP contribution is 2.30. The van der Waals surface area contributed by atoms with Crippen LogP contribution in [0.25, 0.3) is 0 Å². The van der Waals surface area contributed by atoms with Crippen LogP contribution in [0.2, 0.25) is 0 Å². The molecule has 102 valence electrons. The molecule has 0 saturated carbocycles. The van der Waals surface area contributed by atoms with Crippen LogP contribution in [0.4, 0.5) is 0 Å². The Morgan fingerprint density at radius 1 is 1.37 bits per heavy atom. The van der Waals surface area contributed by atoms with Crippen molar-refractivity contribution in [1.82, 2.24) is 4.98 Å². The molecule has 0 aliphatic carbocycles. The Balaban J connectivity index is 1.84. The summed E-state index contributed by atoms with van der Waals surface area (Å²) in [5.74, 6) is 1.78. The van der Waals surface area contributed by atoms with Crippen LogP contribution in [-0.4, -0.2) is 10.7 Å². The van der Waals surface area contributed by atoms with Gasteiger partial charge in [0, 0.05) is 18.5 Å². The molecule has 3 nitrogen and oxygen atoms in total. The number of aromatic nitrogens is 2. The molecule has 3 rings (SSSR count). The van der Waals surface area contributed by atoms with Crippen molar-refractivity contribution in [3.8, 4) is 0 Å². The van der Waals surface area contributed by atoms with E-state index in [2.05, 4.69) is 41.4 Å². The fraction of sp³-hybridized carbons (Fsp3) is 0.625. The molecular weight excluding hydrogens is 234 g/mol. The van der Waals surface area contributed by atoms with Gasteiger partial charge in [-0.3, -0.25) is 4.99 Å². The maximum absolute atomic E-state index is 4.60. The van der Waals surface area contributed by atoms with Gasteiger partial charge in [-0.15, -0.1) is 0 Å². The first-order chi connectivity index (χ1) is 9.24. The van der Waals surface area contributed by atoms with Crippen LogP contribution in [0.1, 0.15) is 69.7 Å². The third-order valence-electron chi connectivity index (χ3n) is 4.34. The second-order valence-electron chi connectivity index (χ2n) is 5.88. The molecule has 0 aromatic carbocycles. The fourth-order valence-corrected chi connectivity index (χ4v) is 3.14. The summed E-state index contributed by atoms with van der Waals surface area (Å²) in [6.07, 6.45) is 10.3. The van der Waals surface area contributed by atoms with Crippen LogP contribution in [0.3, 0.4) is 0 Å². The van der Waals surface area contributed by atoms with E-state index in [4.69, 9.17) is 0 Å². The molecule has 0 fully saturated rings. The molecule has 3 heterocycles. The zero-order valence-corrected chi connectivity index (χ0v) is 12.2. The second kappa shape index (κ2) is 4.95. The molecule has 3 heteroatoms. The number of aliphatic imine (C=N–C) groups is 1. The van der Waals surface area contributed by atoms with Crippen molar-refractivity contribution in [2.24, 2.45) is 10.9 Å². The summed E-state index contributed by atoms with van der Waals surface area (Å²) in [5.41, 5.74) is 4.19. The fourth-order valence-electron chi connectivity index (χ4n) is 3.14. The molecule has 19 heavy (non-hydrogen) atoms. The van der Waals surface area contributed by atoms with Crippen molar-refractivity contribution in [3.63, 3.8) is 0 Å². The maximum Gasteiger partial charge on any atom is 0.302 e. The average molecular weight is 258 g/mol. The minimum Gasteiger partial charge on any atom is -0.253 e. The van der Waals surface area contributed by atoms with E-state index in [-0.39, 0.29) is 0 Å². The maximum atomic E-state index is 4.60. The highest BCUT2D eigenvalue weighted by molar-refractivity contribution is 5.99. The summed E-state index contributed by atoms with van der Waals surface area (Å²) >= 11 is 0. The van der Waals surface area contributed by atoms with Gasteiger partial charge in [-0.25, -0.2) is 9.55 Å². The smallest absolute Gasteiger partial charge is 0.253 e. The minimum absolute atomic E-state index is 0.525. The number of rotatable bonds is 5. The predicted octanol–water partition coefficient (Wildman–Crippen LogP) is 3.30. The van der Waals surface area contributed by atoms with E-state index >= 15 is 0 Å². The lowest BCUT2D eigenvalue weighted by Crippen LogP contribution is -2.29. The zero-order chi connectivity index (χ0) is 13.4. The Morgan fingerprint density at radius 3 is 2.95 bits per heavy atom. The lowest BCUT2D eigenvalue weighted by molar-refractivity contribution is -0.591. The van der Waals surface area contributed by atoms with Crippen molar-refractivity contribution in [3.05, 3.63) is 29.5 Å². The number of fused-ring (bicyclic) bond motifs is 1. The molecule has 0 amide bonds. The SMILES string of the molecule is CCCCCc1[nH]c(C2=NC=CCC2C)[n+]2c1C2C. The van der Waals surface area contributed by atoms with Gasteiger partial charge in [0.1, 0.15) is 11.4 Å². The Hall–Kier alpha value is -1.38. The van der Waals surface area contributed by atoms with Gasteiger partial charge in [0.15, 0.2) is 11.7 Å².